The summed E-state index contributed by atoms with van der Waals surface area (Å²) in [6.07, 6.45) is 0. The molecule has 0 aliphatic rings. The van der Waals surface area contributed by atoms with Crippen molar-refractivity contribution in [2.24, 2.45) is 16.5 Å². The van der Waals surface area contributed by atoms with Crippen LogP contribution in [0.3, 0.4) is 0 Å². The van der Waals surface area contributed by atoms with E-state index in [2.05, 4.69) is 10.3 Å². The van der Waals surface area contributed by atoms with Crippen molar-refractivity contribution < 1.29 is 9.53 Å². The number of likely N-dealkylation sites (N-methyl/N-ethyl adjacent to an activating group) is 1. The topological polar surface area (TPSA) is 103 Å². The summed E-state index contributed by atoms with van der Waals surface area (Å²) in [5, 5.41) is 2.87. The van der Waals surface area contributed by atoms with Crippen molar-refractivity contribution in [3.8, 4) is 5.75 Å². The number of carbonyl (C=O) groups excluding carboxylic acids is 1. The van der Waals surface area contributed by atoms with E-state index in [9.17, 15) is 4.79 Å². The molecule has 0 atom stereocenters. The molecule has 0 saturated heterocycles. The molecule has 98 valence electrons. The lowest BCUT2D eigenvalue weighted by Gasteiger charge is -2.21. The van der Waals surface area contributed by atoms with Crippen molar-refractivity contribution in [3.63, 3.8) is 0 Å². The highest BCUT2D eigenvalue weighted by atomic mass is 16.5. The van der Waals surface area contributed by atoms with Gasteiger partial charge in [-0.1, -0.05) is 0 Å². The summed E-state index contributed by atoms with van der Waals surface area (Å²) in [5.74, 6) is 0.0634. The van der Waals surface area contributed by atoms with Crippen molar-refractivity contribution in [3.05, 3.63) is 24.3 Å². The van der Waals surface area contributed by atoms with Gasteiger partial charge in [-0.05, 0) is 45.2 Å². The largest absolute Gasteiger partial charge is 0.425 e. The van der Waals surface area contributed by atoms with Gasteiger partial charge in [0.15, 0.2) is 5.96 Å². The zero-order valence-electron chi connectivity index (χ0n) is 10.7. The van der Waals surface area contributed by atoms with Crippen LogP contribution < -0.4 is 21.5 Å². The molecule has 0 heterocycles. The van der Waals surface area contributed by atoms with E-state index in [-0.39, 0.29) is 11.9 Å². The van der Waals surface area contributed by atoms with Gasteiger partial charge in [-0.25, -0.2) is 9.79 Å². The first-order valence-electron chi connectivity index (χ1n) is 5.46. The Labute approximate surface area is 106 Å². The second kappa shape index (κ2) is 5.50. The number of rotatable bonds is 4. The molecule has 18 heavy (non-hydrogen) atoms. The van der Waals surface area contributed by atoms with Crippen molar-refractivity contribution in [1.29, 1.82) is 0 Å². The normalized spacial score (nSPS) is 10.8. The smallest absolute Gasteiger partial charge is 0.331 e. The third-order valence-electron chi connectivity index (χ3n) is 2.44. The third-order valence-corrected chi connectivity index (χ3v) is 2.44. The fourth-order valence-electron chi connectivity index (χ4n) is 1.07. The number of nitrogens with one attached hydrogen (secondary N) is 1. The minimum Gasteiger partial charge on any atom is -0.425 e. The second-order valence-electron chi connectivity index (χ2n) is 4.30. The highest BCUT2D eigenvalue weighted by Crippen LogP contribution is 2.19. The van der Waals surface area contributed by atoms with E-state index in [1.807, 2.05) is 0 Å². The lowest BCUT2D eigenvalue weighted by atomic mass is 10.1. The van der Waals surface area contributed by atoms with E-state index >= 15 is 0 Å². The lowest BCUT2D eigenvalue weighted by Crippen LogP contribution is -2.47. The number of benzene rings is 1. The van der Waals surface area contributed by atoms with Gasteiger partial charge in [0.2, 0.25) is 0 Å². The fourth-order valence-corrected chi connectivity index (χ4v) is 1.07. The van der Waals surface area contributed by atoms with Crippen molar-refractivity contribution in [1.82, 2.24) is 5.32 Å². The number of guanidine groups is 1. The maximum Gasteiger partial charge on any atom is 0.331 e. The monoisotopic (exact) mass is 250 g/mol. The highest BCUT2D eigenvalue weighted by Gasteiger charge is 2.27. The van der Waals surface area contributed by atoms with E-state index < -0.39 is 5.54 Å². The van der Waals surface area contributed by atoms with Gasteiger partial charge >= 0.3 is 5.97 Å². The quantitative estimate of drug-likeness (QED) is 0.312. The maximum absolute atomic E-state index is 11.8. The summed E-state index contributed by atoms with van der Waals surface area (Å²) in [7, 11) is 1.70. The Bertz CT molecular complexity index is 448. The van der Waals surface area contributed by atoms with Gasteiger partial charge in [0.05, 0.1) is 5.69 Å². The summed E-state index contributed by atoms with van der Waals surface area (Å²) in [4.78, 5) is 15.6. The molecular weight excluding hydrogens is 232 g/mol. The zero-order valence-corrected chi connectivity index (χ0v) is 10.7. The van der Waals surface area contributed by atoms with Gasteiger partial charge in [0, 0.05) is 0 Å². The SMILES string of the molecule is CNC(C)(C)C(=O)Oc1ccc(N=C(N)N)cc1. The Kier molecular flexibility index (Phi) is 4.28. The number of esters is 1. The van der Waals surface area contributed by atoms with Crippen LogP contribution in [0.2, 0.25) is 0 Å². The van der Waals surface area contributed by atoms with Crippen LogP contribution >= 0.6 is 0 Å². The summed E-state index contributed by atoms with van der Waals surface area (Å²) in [6, 6.07) is 6.58. The lowest BCUT2D eigenvalue weighted by molar-refractivity contribution is -0.140. The molecule has 0 saturated carbocycles. The predicted octanol–water partition coefficient (Wildman–Crippen LogP) is 0.495. The summed E-state index contributed by atoms with van der Waals surface area (Å²) in [6.45, 7) is 3.48. The molecule has 0 bridgehead atoms. The minimum atomic E-state index is -0.738. The minimum absolute atomic E-state index is 0.0175. The van der Waals surface area contributed by atoms with E-state index in [4.69, 9.17) is 16.2 Å². The zero-order chi connectivity index (χ0) is 13.8. The van der Waals surface area contributed by atoms with Crippen LogP contribution in [-0.4, -0.2) is 24.5 Å². The number of hydrogen-bond acceptors (Lipinski definition) is 4. The van der Waals surface area contributed by atoms with Crippen LogP contribution in [0.15, 0.2) is 29.3 Å². The molecule has 0 amide bonds. The molecule has 0 unspecified atom stereocenters. The third kappa shape index (κ3) is 3.74. The molecule has 1 aromatic rings. The van der Waals surface area contributed by atoms with Gasteiger partial charge in [0.1, 0.15) is 11.3 Å². The van der Waals surface area contributed by atoms with Gasteiger partial charge in [-0.3, -0.25) is 0 Å². The van der Waals surface area contributed by atoms with Gasteiger partial charge in [-0.15, -0.1) is 0 Å². The number of hydrogen-bond donors (Lipinski definition) is 3. The van der Waals surface area contributed by atoms with Gasteiger partial charge < -0.3 is 21.5 Å². The van der Waals surface area contributed by atoms with Crippen molar-refractivity contribution in [2.75, 3.05) is 7.05 Å². The number of nitrogens with zero attached hydrogens (tertiary/aromatic N) is 1. The molecule has 5 N–H and O–H groups in total. The van der Waals surface area contributed by atoms with E-state index in [0.717, 1.165) is 0 Å². The van der Waals surface area contributed by atoms with Crippen LogP contribution in [0, 0.1) is 0 Å². The molecule has 6 nitrogen and oxygen atoms in total. The molecule has 0 aromatic heterocycles. The Hall–Kier alpha value is -2.08. The average Bonchev–Trinajstić information content (AvgIpc) is 2.31. The van der Waals surface area contributed by atoms with E-state index in [1.54, 1.807) is 45.2 Å². The molecule has 0 aliphatic heterocycles. The molecule has 1 aromatic carbocycles. The van der Waals surface area contributed by atoms with Crippen LogP contribution in [-0.2, 0) is 4.79 Å². The van der Waals surface area contributed by atoms with Crippen molar-refractivity contribution in [2.45, 2.75) is 19.4 Å². The molecular formula is C12H18N4O2. The van der Waals surface area contributed by atoms with Crippen LogP contribution in [0.1, 0.15) is 13.8 Å². The Balaban J connectivity index is 2.76. The standard InChI is InChI=1S/C12H18N4O2/c1-12(2,15-3)10(17)18-9-6-4-8(5-7-9)16-11(13)14/h4-7,15H,1-3H3,(H4,13,14,16). The van der Waals surface area contributed by atoms with Crippen LogP contribution in [0.25, 0.3) is 0 Å². The molecule has 0 radical (unpaired) electrons. The summed E-state index contributed by atoms with van der Waals surface area (Å²) in [5.41, 5.74) is 10.4. The molecule has 0 spiro atoms. The second-order valence-corrected chi connectivity index (χ2v) is 4.30. The summed E-state index contributed by atoms with van der Waals surface area (Å²) < 4.78 is 5.22. The molecule has 1 rings (SSSR count). The molecule has 6 heteroatoms. The Morgan fingerprint density at radius 3 is 2.28 bits per heavy atom. The molecule has 0 aliphatic carbocycles. The number of nitrogens with two attached hydrogens (primary N) is 2. The van der Waals surface area contributed by atoms with Gasteiger partial charge in [0.25, 0.3) is 0 Å². The maximum atomic E-state index is 11.8. The first-order chi connectivity index (χ1) is 8.35. The van der Waals surface area contributed by atoms with Gasteiger partial charge in [-0.2, -0.15) is 0 Å². The number of carbonyl (C=O) groups is 1. The van der Waals surface area contributed by atoms with E-state index in [1.165, 1.54) is 0 Å². The molecule has 0 fully saturated rings. The number of aliphatic imine (C=N–C) groups is 1. The summed E-state index contributed by atoms with van der Waals surface area (Å²) >= 11 is 0. The van der Waals surface area contributed by atoms with Crippen LogP contribution in [0.4, 0.5) is 5.69 Å². The average molecular weight is 250 g/mol. The number of ether oxygens (including phenoxy) is 1. The first-order valence-corrected chi connectivity index (χ1v) is 5.46. The van der Waals surface area contributed by atoms with Crippen molar-refractivity contribution >= 4 is 17.6 Å². The highest BCUT2D eigenvalue weighted by molar-refractivity contribution is 5.82. The Morgan fingerprint density at radius 2 is 1.83 bits per heavy atom. The first kappa shape index (κ1) is 14.0. The predicted molar refractivity (Wildman–Crippen MR) is 70.7 cm³/mol. The van der Waals surface area contributed by atoms with Crippen LogP contribution in [0.5, 0.6) is 5.75 Å². The Morgan fingerprint density at radius 1 is 1.28 bits per heavy atom. The van der Waals surface area contributed by atoms with E-state index in [0.29, 0.717) is 11.4 Å². The fraction of sp³-hybridized carbons (Fsp3) is 0.333.